The van der Waals surface area contributed by atoms with Gasteiger partial charge in [0.25, 0.3) is 11.8 Å². The van der Waals surface area contributed by atoms with Crippen LogP contribution in [0.2, 0.25) is 0 Å². The minimum Gasteiger partial charge on any atom is -0.497 e. The molecular formula is C24H17F3N2O4. The van der Waals surface area contributed by atoms with Gasteiger partial charge < -0.3 is 14.8 Å². The first-order chi connectivity index (χ1) is 15.8. The van der Waals surface area contributed by atoms with Crippen LogP contribution in [0, 0.1) is 0 Å². The Balaban J connectivity index is 1.74. The molecule has 1 aliphatic heterocycles. The molecule has 3 aromatic rings. The van der Waals surface area contributed by atoms with Crippen molar-refractivity contribution in [3.8, 4) is 11.5 Å². The summed E-state index contributed by atoms with van der Waals surface area (Å²) in [5.74, 6) is -1.32. The lowest BCUT2D eigenvalue weighted by atomic mass is 10.0. The number of amides is 2. The number of anilines is 2. The van der Waals surface area contributed by atoms with Crippen LogP contribution in [0.1, 0.15) is 5.56 Å². The molecule has 0 saturated carbocycles. The number of nitrogens with zero attached hydrogens (tertiary/aromatic N) is 1. The van der Waals surface area contributed by atoms with Crippen molar-refractivity contribution in [1.29, 1.82) is 0 Å². The fourth-order valence-electron chi connectivity index (χ4n) is 3.39. The van der Waals surface area contributed by atoms with Crippen LogP contribution in [0.15, 0.2) is 84.6 Å². The molecule has 0 bridgehead atoms. The van der Waals surface area contributed by atoms with Crippen LogP contribution < -0.4 is 19.7 Å². The van der Waals surface area contributed by atoms with Crippen molar-refractivity contribution in [3.63, 3.8) is 0 Å². The maximum atomic E-state index is 13.3. The molecule has 1 aliphatic rings. The van der Waals surface area contributed by atoms with E-state index in [0.717, 1.165) is 17.0 Å². The molecule has 1 N–H and O–H groups in total. The van der Waals surface area contributed by atoms with E-state index in [1.165, 1.54) is 19.2 Å². The molecular weight excluding hydrogens is 437 g/mol. The van der Waals surface area contributed by atoms with Crippen LogP contribution in [0.3, 0.4) is 0 Å². The third-order valence-electron chi connectivity index (χ3n) is 4.82. The number of carbonyl (C=O) groups excluding carboxylic acids is 2. The van der Waals surface area contributed by atoms with Gasteiger partial charge in [-0.15, -0.1) is 13.2 Å². The van der Waals surface area contributed by atoms with Crippen LogP contribution in [-0.2, 0) is 9.59 Å². The zero-order chi connectivity index (χ0) is 23.6. The van der Waals surface area contributed by atoms with Gasteiger partial charge in [0, 0.05) is 11.8 Å². The molecule has 4 rings (SSSR count). The fraction of sp³-hybridized carbons (Fsp3) is 0.0833. The maximum Gasteiger partial charge on any atom is 0.573 e. The molecule has 6 nitrogen and oxygen atoms in total. The number of rotatable bonds is 6. The summed E-state index contributed by atoms with van der Waals surface area (Å²) in [4.78, 5) is 27.5. The van der Waals surface area contributed by atoms with Crippen LogP contribution in [0.5, 0.6) is 11.5 Å². The second-order valence-corrected chi connectivity index (χ2v) is 6.96. The molecule has 0 saturated heterocycles. The quantitative estimate of drug-likeness (QED) is 0.532. The predicted molar refractivity (Wildman–Crippen MR) is 116 cm³/mol. The number of methoxy groups -OCH3 is 1. The summed E-state index contributed by atoms with van der Waals surface area (Å²) in [7, 11) is 1.52. The lowest BCUT2D eigenvalue weighted by Crippen LogP contribution is -2.32. The summed E-state index contributed by atoms with van der Waals surface area (Å²) in [6.07, 6.45) is -4.91. The molecule has 1 heterocycles. The van der Waals surface area contributed by atoms with E-state index in [1.807, 2.05) is 0 Å². The van der Waals surface area contributed by atoms with Crippen molar-refractivity contribution in [1.82, 2.24) is 0 Å². The Morgan fingerprint density at radius 3 is 2.15 bits per heavy atom. The molecule has 0 spiro atoms. The zero-order valence-electron chi connectivity index (χ0n) is 17.2. The van der Waals surface area contributed by atoms with Crippen LogP contribution in [0.25, 0.3) is 5.57 Å². The van der Waals surface area contributed by atoms with E-state index in [0.29, 0.717) is 17.0 Å². The predicted octanol–water partition coefficient (Wildman–Crippen LogP) is 4.99. The number of imide groups is 1. The number of hydrogen-bond acceptors (Lipinski definition) is 5. The van der Waals surface area contributed by atoms with Crippen molar-refractivity contribution in [2.45, 2.75) is 6.36 Å². The average Bonchev–Trinajstić information content (AvgIpc) is 3.03. The van der Waals surface area contributed by atoms with Gasteiger partial charge in [0.1, 0.15) is 17.2 Å². The van der Waals surface area contributed by atoms with Crippen LogP contribution in [0.4, 0.5) is 24.5 Å². The smallest absolute Gasteiger partial charge is 0.497 e. The van der Waals surface area contributed by atoms with E-state index >= 15 is 0 Å². The van der Waals surface area contributed by atoms with Crippen molar-refractivity contribution in [2.75, 3.05) is 17.3 Å². The van der Waals surface area contributed by atoms with Gasteiger partial charge in [0.05, 0.1) is 18.4 Å². The standard InChI is InChI=1S/C24H17F3N2O4/c1-32-18-12-10-16(11-13-18)28-21-20(15-6-3-2-4-7-15)22(30)29(23(21)31)17-8-5-9-19(14-17)33-24(25,26)27/h2-14,28H,1H3. The topological polar surface area (TPSA) is 67.9 Å². The van der Waals surface area contributed by atoms with Crippen molar-refractivity contribution < 1.29 is 32.2 Å². The largest absolute Gasteiger partial charge is 0.573 e. The number of halogens is 3. The minimum atomic E-state index is -4.91. The summed E-state index contributed by atoms with van der Waals surface area (Å²) < 4.78 is 47.0. The second kappa shape index (κ2) is 8.70. The van der Waals surface area contributed by atoms with E-state index in [9.17, 15) is 22.8 Å². The SMILES string of the molecule is COc1ccc(NC2=C(c3ccccc3)C(=O)N(c3cccc(OC(F)(F)F)c3)C2=O)cc1. The van der Waals surface area contributed by atoms with E-state index in [1.54, 1.807) is 54.6 Å². The van der Waals surface area contributed by atoms with Gasteiger partial charge in [-0.05, 0) is 42.0 Å². The molecule has 3 aromatic carbocycles. The van der Waals surface area contributed by atoms with E-state index in [4.69, 9.17) is 4.74 Å². The van der Waals surface area contributed by atoms with Gasteiger partial charge in [-0.2, -0.15) is 0 Å². The summed E-state index contributed by atoms with van der Waals surface area (Å²) in [6, 6.07) is 19.9. The van der Waals surface area contributed by atoms with Gasteiger partial charge in [-0.3, -0.25) is 9.59 Å². The molecule has 33 heavy (non-hydrogen) atoms. The number of carbonyl (C=O) groups is 2. The molecule has 9 heteroatoms. The third-order valence-corrected chi connectivity index (χ3v) is 4.82. The number of benzene rings is 3. The Morgan fingerprint density at radius 2 is 1.52 bits per heavy atom. The Labute approximate surface area is 186 Å². The second-order valence-electron chi connectivity index (χ2n) is 6.96. The Bertz CT molecular complexity index is 1220. The van der Waals surface area contributed by atoms with E-state index < -0.39 is 23.9 Å². The third kappa shape index (κ3) is 4.67. The number of nitrogens with one attached hydrogen (secondary N) is 1. The number of alkyl halides is 3. The summed E-state index contributed by atoms with van der Waals surface area (Å²) in [5, 5.41) is 2.97. The molecule has 0 aromatic heterocycles. The van der Waals surface area contributed by atoms with Crippen LogP contribution in [-0.4, -0.2) is 25.3 Å². The highest BCUT2D eigenvalue weighted by Gasteiger charge is 2.40. The van der Waals surface area contributed by atoms with Gasteiger partial charge in [0.2, 0.25) is 0 Å². The molecule has 168 valence electrons. The number of hydrogen-bond donors (Lipinski definition) is 1. The lowest BCUT2D eigenvalue weighted by Gasteiger charge is -2.17. The van der Waals surface area contributed by atoms with E-state index in [2.05, 4.69) is 10.1 Å². The molecule has 0 aliphatic carbocycles. The summed E-state index contributed by atoms with van der Waals surface area (Å²) in [5.41, 5.74) is 1.05. The fourth-order valence-corrected chi connectivity index (χ4v) is 3.39. The number of ether oxygens (including phenoxy) is 2. The van der Waals surface area contributed by atoms with E-state index in [-0.39, 0.29) is 17.0 Å². The van der Waals surface area contributed by atoms with Gasteiger partial charge in [-0.1, -0.05) is 36.4 Å². The first-order valence-electron chi connectivity index (χ1n) is 9.72. The Morgan fingerprint density at radius 1 is 0.818 bits per heavy atom. The summed E-state index contributed by atoms with van der Waals surface area (Å²) in [6.45, 7) is 0. The maximum absolute atomic E-state index is 13.3. The molecule has 0 unspecified atom stereocenters. The van der Waals surface area contributed by atoms with Crippen molar-refractivity contribution in [2.24, 2.45) is 0 Å². The minimum absolute atomic E-state index is 0.00138. The molecule has 0 radical (unpaired) electrons. The molecule has 0 atom stereocenters. The van der Waals surface area contributed by atoms with Gasteiger partial charge in [-0.25, -0.2) is 4.90 Å². The Kier molecular flexibility index (Phi) is 5.78. The normalized spacial score (nSPS) is 14.0. The first-order valence-corrected chi connectivity index (χ1v) is 9.72. The average molecular weight is 454 g/mol. The Hall–Kier alpha value is -4.27. The monoisotopic (exact) mass is 454 g/mol. The first kappa shape index (κ1) is 21.9. The molecule has 2 amide bonds. The van der Waals surface area contributed by atoms with Crippen molar-refractivity contribution >= 4 is 28.8 Å². The van der Waals surface area contributed by atoms with Crippen LogP contribution >= 0.6 is 0 Å². The highest BCUT2D eigenvalue weighted by Crippen LogP contribution is 2.35. The highest BCUT2D eigenvalue weighted by atomic mass is 19.4. The van der Waals surface area contributed by atoms with Gasteiger partial charge >= 0.3 is 6.36 Å². The zero-order valence-corrected chi connectivity index (χ0v) is 17.2. The van der Waals surface area contributed by atoms with Crippen molar-refractivity contribution in [3.05, 3.63) is 90.1 Å². The molecule has 0 fully saturated rings. The lowest BCUT2D eigenvalue weighted by molar-refractivity contribution is -0.274. The highest BCUT2D eigenvalue weighted by molar-refractivity contribution is 6.46. The van der Waals surface area contributed by atoms with Gasteiger partial charge in [0.15, 0.2) is 0 Å². The summed E-state index contributed by atoms with van der Waals surface area (Å²) >= 11 is 0.